The topological polar surface area (TPSA) is 65.2 Å². The van der Waals surface area contributed by atoms with Crippen molar-refractivity contribution < 1.29 is 31.5 Å². The number of hydrogen-bond acceptors (Lipinski definition) is 3. The maximum atomic E-state index is 13.8. The average molecular weight is 346 g/mol. The van der Waals surface area contributed by atoms with Crippen LogP contribution in [-0.2, 0) is 5.67 Å². The summed E-state index contributed by atoms with van der Waals surface area (Å²) in [6.45, 7) is 0.395. The molecule has 1 heterocycles. The van der Waals surface area contributed by atoms with Crippen LogP contribution in [0.1, 0.15) is 22.8 Å². The van der Waals surface area contributed by atoms with Gasteiger partial charge in [-0.2, -0.15) is 13.2 Å². The van der Waals surface area contributed by atoms with E-state index in [-0.39, 0.29) is 11.3 Å². The first-order chi connectivity index (χ1) is 11.0. The Labute approximate surface area is 133 Å². The van der Waals surface area contributed by atoms with Gasteiger partial charge in [0.1, 0.15) is 5.75 Å². The summed E-state index contributed by atoms with van der Waals surface area (Å²) in [5, 5.41) is 0. The molecular formula is C15H11F5N2O2. The number of nitrogens with zero attached hydrogens (tertiary/aromatic N) is 1. The fourth-order valence-electron chi connectivity index (χ4n) is 1.75. The smallest absolute Gasteiger partial charge is 0.426 e. The zero-order valence-corrected chi connectivity index (χ0v) is 12.2. The van der Waals surface area contributed by atoms with E-state index in [9.17, 15) is 26.7 Å². The van der Waals surface area contributed by atoms with Gasteiger partial charge in [0.05, 0.1) is 5.56 Å². The molecule has 0 aliphatic rings. The molecule has 0 aliphatic carbocycles. The van der Waals surface area contributed by atoms with Crippen molar-refractivity contribution in [1.82, 2.24) is 4.98 Å². The van der Waals surface area contributed by atoms with Crippen molar-refractivity contribution in [2.24, 2.45) is 5.73 Å². The van der Waals surface area contributed by atoms with Gasteiger partial charge in [0, 0.05) is 6.20 Å². The third-order valence-electron chi connectivity index (χ3n) is 3.24. The second-order valence-electron chi connectivity index (χ2n) is 5.00. The number of nitrogens with two attached hydrogens (primary N) is 1. The predicted molar refractivity (Wildman–Crippen MR) is 73.7 cm³/mol. The Bertz CT molecular complexity index is 757. The predicted octanol–water partition coefficient (Wildman–Crippen LogP) is 3.86. The van der Waals surface area contributed by atoms with Crippen LogP contribution in [0.3, 0.4) is 0 Å². The third-order valence-corrected chi connectivity index (χ3v) is 3.24. The number of ether oxygens (including phenoxy) is 1. The summed E-state index contributed by atoms with van der Waals surface area (Å²) in [5.74, 6) is -2.44. The number of pyridine rings is 1. The van der Waals surface area contributed by atoms with Gasteiger partial charge in [-0.25, -0.2) is 13.8 Å². The number of carbonyl (C=O) groups excluding carboxylic acids is 1. The van der Waals surface area contributed by atoms with Gasteiger partial charge in [0.15, 0.2) is 5.82 Å². The second-order valence-corrected chi connectivity index (χ2v) is 5.00. The summed E-state index contributed by atoms with van der Waals surface area (Å²) in [4.78, 5) is 14.4. The Hall–Kier alpha value is -2.71. The molecule has 4 nitrogen and oxygen atoms in total. The number of primary amides is 1. The lowest BCUT2D eigenvalue weighted by atomic mass is 9.97. The van der Waals surface area contributed by atoms with E-state index >= 15 is 0 Å². The first-order valence-corrected chi connectivity index (χ1v) is 6.52. The largest absolute Gasteiger partial charge is 0.436 e. The van der Waals surface area contributed by atoms with Crippen LogP contribution in [-0.4, -0.2) is 17.1 Å². The first kappa shape index (κ1) is 17.6. The van der Waals surface area contributed by atoms with E-state index in [0.29, 0.717) is 6.92 Å². The Morgan fingerprint density at radius 2 is 1.75 bits per heavy atom. The van der Waals surface area contributed by atoms with Gasteiger partial charge in [0.25, 0.3) is 5.88 Å². The number of alkyl halides is 4. The lowest BCUT2D eigenvalue weighted by Crippen LogP contribution is -2.34. The van der Waals surface area contributed by atoms with Crippen molar-refractivity contribution >= 4 is 5.91 Å². The van der Waals surface area contributed by atoms with Crippen LogP contribution < -0.4 is 10.5 Å². The molecule has 1 aromatic heterocycles. The van der Waals surface area contributed by atoms with E-state index in [2.05, 4.69) is 4.98 Å². The number of hydrogen-bond donors (Lipinski definition) is 1. The van der Waals surface area contributed by atoms with Crippen molar-refractivity contribution in [2.75, 3.05) is 0 Å². The zero-order chi connectivity index (χ0) is 18.1. The van der Waals surface area contributed by atoms with Gasteiger partial charge in [-0.05, 0) is 30.7 Å². The molecule has 0 fully saturated rings. The molecular weight excluding hydrogens is 335 g/mol. The monoisotopic (exact) mass is 346 g/mol. The van der Waals surface area contributed by atoms with Gasteiger partial charge in [-0.1, -0.05) is 12.1 Å². The van der Waals surface area contributed by atoms with Crippen LogP contribution in [0.2, 0.25) is 0 Å². The SMILES string of the molecule is CC(F)(c1ccc(Oc2ncc(C(N)=O)cc2F)cc1)C(F)(F)F. The zero-order valence-electron chi connectivity index (χ0n) is 12.2. The minimum atomic E-state index is -5.08. The fraction of sp³-hybridized carbons (Fsp3) is 0.200. The summed E-state index contributed by atoms with van der Waals surface area (Å²) in [5.41, 5.74) is 0.637. The Kier molecular flexibility index (Phi) is 4.46. The quantitative estimate of drug-likeness (QED) is 0.855. The van der Waals surface area contributed by atoms with Crippen molar-refractivity contribution in [3.8, 4) is 11.6 Å². The highest BCUT2D eigenvalue weighted by atomic mass is 19.4. The lowest BCUT2D eigenvalue weighted by Gasteiger charge is -2.24. The van der Waals surface area contributed by atoms with Crippen LogP contribution in [0.25, 0.3) is 0 Å². The summed E-state index contributed by atoms with van der Waals surface area (Å²) >= 11 is 0. The van der Waals surface area contributed by atoms with Crippen LogP contribution in [0.15, 0.2) is 36.5 Å². The molecule has 1 atom stereocenters. The second kappa shape index (κ2) is 6.06. The van der Waals surface area contributed by atoms with E-state index in [1.807, 2.05) is 0 Å². The van der Waals surface area contributed by atoms with Gasteiger partial charge < -0.3 is 10.5 Å². The van der Waals surface area contributed by atoms with E-state index in [0.717, 1.165) is 36.5 Å². The highest BCUT2D eigenvalue weighted by molar-refractivity contribution is 5.92. The molecule has 1 amide bonds. The van der Waals surface area contributed by atoms with Crippen LogP contribution >= 0.6 is 0 Å². The van der Waals surface area contributed by atoms with E-state index < -0.39 is 35.0 Å². The molecule has 9 heteroatoms. The maximum absolute atomic E-state index is 13.8. The number of aromatic nitrogens is 1. The third kappa shape index (κ3) is 3.44. The average Bonchev–Trinajstić information content (AvgIpc) is 2.48. The lowest BCUT2D eigenvalue weighted by molar-refractivity contribution is -0.228. The summed E-state index contributed by atoms with van der Waals surface area (Å²) in [6.07, 6.45) is -4.09. The Balaban J connectivity index is 2.22. The van der Waals surface area contributed by atoms with Crippen molar-refractivity contribution in [1.29, 1.82) is 0 Å². The molecule has 1 unspecified atom stereocenters. The van der Waals surface area contributed by atoms with Crippen molar-refractivity contribution in [3.63, 3.8) is 0 Å². The Morgan fingerprint density at radius 1 is 1.17 bits per heavy atom. The number of halogens is 5. The standard InChI is InChI=1S/C15H11F5N2O2/c1-14(17,15(18,19)20)9-2-4-10(5-3-9)24-13-11(16)6-8(7-22-13)12(21)23/h2-7H,1H3,(H2,21,23). The summed E-state index contributed by atoms with van der Waals surface area (Å²) in [6, 6.07) is 4.64. The molecule has 0 spiro atoms. The summed E-state index contributed by atoms with van der Waals surface area (Å²) in [7, 11) is 0. The molecule has 128 valence electrons. The number of carbonyl (C=O) groups is 1. The minimum Gasteiger partial charge on any atom is -0.436 e. The molecule has 24 heavy (non-hydrogen) atoms. The normalized spacial score (nSPS) is 14.1. The van der Waals surface area contributed by atoms with Gasteiger partial charge in [-0.15, -0.1) is 0 Å². The number of rotatable bonds is 4. The van der Waals surface area contributed by atoms with Gasteiger partial charge >= 0.3 is 6.18 Å². The van der Waals surface area contributed by atoms with Gasteiger partial charge in [0.2, 0.25) is 11.6 Å². The molecule has 0 saturated carbocycles. The molecule has 2 N–H and O–H groups in total. The van der Waals surface area contributed by atoms with Crippen LogP contribution in [0, 0.1) is 5.82 Å². The molecule has 0 radical (unpaired) electrons. The van der Waals surface area contributed by atoms with Crippen LogP contribution in [0.4, 0.5) is 22.0 Å². The molecule has 0 bridgehead atoms. The first-order valence-electron chi connectivity index (χ1n) is 6.52. The van der Waals surface area contributed by atoms with Gasteiger partial charge in [-0.3, -0.25) is 4.79 Å². The van der Waals surface area contributed by atoms with E-state index in [1.165, 1.54) is 0 Å². The van der Waals surface area contributed by atoms with Crippen molar-refractivity contribution in [2.45, 2.75) is 18.8 Å². The molecule has 0 saturated heterocycles. The molecule has 2 rings (SSSR count). The highest BCUT2D eigenvalue weighted by Gasteiger charge is 2.53. The minimum absolute atomic E-state index is 0.0602. The fourth-order valence-corrected chi connectivity index (χ4v) is 1.75. The Morgan fingerprint density at radius 3 is 2.21 bits per heavy atom. The number of amides is 1. The molecule has 0 aliphatic heterocycles. The molecule has 2 aromatic rings. The van der Waals surface area contributed by atoms with Crippen LogP contribution in [0.5, 0.6) is 11.6 Å². The van der Waals surface area contributed by atoms with E-state index in [1.54, 1.807) is 0 Å². The molecule has 1 aromatic carbocycles. The van der Waals surface area contributed by atoms with E-state index in [4.69, 9.17) is 10.5 Å². The van der Waals surface area contributed by atoms with Crippen molar-refractivity contribution in [3.05, 3.63) is 53.5 Å². The highest BCUT2D eigenvalue weighted by Crippen LogP contribution is 2.42. The maximum Gasteiger partial charge on any atom is 0.426 e. The number of benzene rings is 1. The summed E-state index contributed by atoms with van der Waals surface area (Å²) < 4.78 is 70.4.